The van der Waals surface area contributed by atoms with Crippen LogP contribution in [0.4, 0.5) is 0 Å². The van der Waals surface area contributed by atoms with Crippen LogP contribution in [-0.4, -0.2) is 20.2 Å². The number of methoxy groups -OCH3 is 1. The van der Waals surface area contributed by atoms with Crippen molar-refractivity contribution in [3.05, 3.63) is 29.8 Å². The third-order valence-corrected chi connectivity index (χ3v) is 3.92. The molecule has 0 aromatic heterocycles. The highest BCUT2D eigenvalue weighted by atomic mass is 35.5. The molecule has 1 saturated carbocycles. The van der Waals surface area contributed by atoms with Crippen molar-refractivity contribution in [2.75, 3.05) is 20.2 Å². The summed E-state index contributed by atoms with van der Waals surface area (Å²) < 4.78 is 5.36. The molecule has 1 aliphatic rings. The van der Waals surface area contributed by atoms with Crippen molar-refractivity contribution in [1.82, 2.24) is 5.32 Å². The number of para-hydroxylation sites is 1. The van der Waals surface area contributed by atoms with Crippen LogP contribution in [0.25, 0.3) is 0 Å². The summed E-state index contributed by atoms with van der Waals surface area (Å²) in [5, 5.41) is 3.60. The van der Waals surface area contributed by atoms with Crippen LogP contribution in [0.5, 0.6) is 5.75 Å². The number of hydrogen-bond donors (Lipinski definition) is 1. The number of nitrogens with one attached hydrogen (secondary N) is 1. The minimum atomic E-state index is 0. The van der Waals surface area contributed by atoms with Crippen LogP contribution in [-0.2, 0) is 6.42 Å². The van der Waals surface area contributed by atoms with E-state index in [1.807, 2.05) is 12.1 Å². The minimum absolute atomic E-state index is 0. The maximum absolute atomic E-state index is 5.36. The van der Waals surface area contributed by atoms with Crippen LogP contribution in [0, 0.1) is 5.92 Å². The minimum Gasteiger partial charge on any atom is -0.496 e. The van der Waals surface area contributed by atoms with Gasteiger partial charge in [0.25, 0.3) is 0 Å². The highest BCUT2D eigenvalue weighted by Gasteiger charge is 2.12. The van der Waals surface area contributed by atoms with Crippen LogP contribution in [0.1, 0.15) is 37.7 Å². The van der Waals surface area contributed by atoms with Gasteiger partial charge in [-0.3, -0.25) is 0 Å². The van der Waals surface area contributed by atoms with E-state index in [1.165, 1.54) is 44.2 Å². The Labute approximate surface area is 123 Å². The number of hydrogen-bond acceptors (Lipinski definition) is 2. The first-order chi connectivity index (χ1) is 8.90. The lowest BCUT2D eigenvalue weighted by molar-refractivity contribution is 0.343. The van der Waals surface area contributed by atoms with Gasteiger partial charge in [-0.25, -0.2) is 0 Å². The van der Waals surface area contributed by atoms with Crippen molar-refractivity contribution >= 4 is 12.4 Å². The highest BCUT2D eigenvalue weighted by Crippen LogP contribution is 2.22. The van der Waals surface area contributed by atoms with Crippen LogP contribution >= 0.6 is 12.4 Å². The molecule has 0 unspecified atom stereocenters. The Hall–Kier alpha value is -0.730. The summed E-state index contributed by atoms with van der Waals surface area (Å²) in [7, 11) is 1.74. The Kier molecular flexibility index (Phi) is 7.92. The van der Waals surface area contributed by atoms with Gasteiger partial charge in [-0.1, -0.05) is 37.5 Å². The molecular formula is C16H26ClNO. The molecule has 0 heterocycles. The summed E-state index contributed by atoms with van der Waals surface area (Å²) in [6, 6.07) is 8.30. The second kappa shape index (κ2) is 9.22. The Morgan fingerprint density at radius 2 is 1.89 bits per heavy atom. The van der Waals surface area contributed by atoms with Crippen molar-refractivity contribution in [3.8, 4) is 5.75 Å². The standard InChI is InChI=1S/C16H25NO.ClH/c1-18-16-10-6-5-9-15(16)11-12-17-13-14-7-3-2-4-8-14;/h5-6,9-10,14,17H,2-4,7-8,11-13H2,1H3;1H. The fourth-order valence-corrected chi connectivity index (χ4v) is 2.83. The van der Waals surface area contributed by atoms with Gasteiger partial charge in [-0.2, -0.15) is 0 Å². The first-order valence-electron chi connectivity index (χ1n) is 7.23. The zero-order valence-corrected chi connectivity index (χ0v) is 12.7. The predicted molar refractivity (Wildman–Crippen MR) is 83.4 cm³/mol. The van der Waals surface area contributed by atoms with Crippen molar-refractivity contribution in [1.29, 1.82) is 0 Å². The third-order valence-electron chi connectivity index (χ3n) is 3.92. The number of ether oxygens (including phenoxy) is 1. The number of rotatable bonds is 6. The van der Waals surface area contributed by atoms with E-state index < -0.39 is 0 Å². The molecule has 2 nitrogen and oxygen atoms in total. The first-order valence-corrected chi connectivity index (χ1v) is 7.23. The average molecular weight is 284 g/mol. The quantitative estimate of drug-likeness (QED) is 0.801. The largest absolute Gasteiger partial charge is 0.496 e. The van der Waals surface area contributed by atoms with E-state index in [4.69, 9.17) is 4.74 Å². The molecule has 0 saturated heterocycles. The highest BCUT2D eigenvalue weighted by molar-refractivity contribution is 5.85. The molecule has 0 atom stereocenters. The van der Waals surface area contributed by atoms with Gasteiger partial charge in [0.15, 0.2) is 0 Å². The Balaban J connectivity index is 0.00000180. The summed E-state index contributed by atoms with van der Waals surface area (Å²) in [5.74, 6) is 1.92. The molecule has 1 aromatic carbocycles. The molecule has 0 spiro atoms. The van der Waals surface area contributed by atoms with Gasteiger partial charge < -0.3 is 10.1 Å². The first kappa shape index (κ1) is 16.3. The van der Waals surface area contributed by atoms with Crippen molar-refractivity contribution in [2.45, 2.75) is 38.5 Å². The van der Waals surface area contributed by atoms with Crippen molar-refractivity contribution in [3.63, 3.8) is 0 Å². The lowest BCUT2D eigenvalue weighted by Crippen LogP contribution is -2.26. The fourth-order valence-electron chi connectivity index (χ4n) is 2.83. The molecule has 0 aliphatic heterocycles. The van der Waals surface area contributed by atoms with Gasteiger partial charge in [-0.15, -0.1) is 12.4 Å². The van der Waals surface area contributed by atoms with Crippen LogP contribution in [0.2, 0.25) is 0 Å². The third kappa shape index (κ3) is 5.42. The molecule has 3 heteroatoms. The number of benzene rings is 1. The molecular weight excluding hydrogens is 258 g/mol. The summed E-state index contributed by atoms with van der Waals surface area (Å²) in [6.07, 6.45) is 8.19. The summed E-state index contributed by atoms with van der Waals surface area (Å²) >= 11 is 0. The molecule has 2 rings (SSSR count). The SMILES string of the molecule is COc1ccccc1CCNCC1CCCCC1.Cl. The number of halogens is 1. The second-order valence-corrected chi connectivity index (χ2v) is 5.27. The zero-order valence-electron chi connectivity index (χ0n) is 11.9. The van der Waals surface area contributed by atoms with Crippen molar-refractivity contribution < 1.29 is 4.74 Å². The van der Waals surface area contributed by atoms with Crippen molar-refractivity contribution in [2.24, 2.45) is 5.92 Å². The Morgan fingerprint density at radius 3 is 2.63 bits per heavy atom. The topological polar surface area (TPSA) is 21.3 Å². The van der Waals surface area contributed by atoms with E-state index in [1.54, 1.807) is 7.11 Å². The predicted octanol–water partition coefficient (Wildman–Crippen LogP) is 3.83. The zero-order chi connectivity index (χ0) is 12.6. The molecule has 108 valence electrons. The molecule has 19 heavy (non-hydrogen) atoms. The van der Waals surface area contributed by atoms with E-state index in [2.05, 4.69) is 17.4 Å². The molecule has 1 aliphatic carbocycles. The molecule has 0 radical (unpaired) electrons. The van der Waals surface area contributed by atoms with E-state index in [9.17, 15) is 0 Å². The Morgan fingerprint density at radius 1 is 1.16 bits per heavy atom. The summed E-state index contributed by atoms with van der Waals surface area (Å²) in [5.41, 5.74) is 1.30. The summed E-state index contributed by atoms with van der Waals surface area (Å²) in [6.45, 7) is 2.24. The average Bonchev–Trinajstić information content (AvgIpc) is 2.45. The molecule has 1 fully saturated rings. The second-order valence-electron chi connectivity index (χ2n) is 5.27. The van der Waals surface area contributed by atoms with E-state index in [-0.39, 0.29) is 12.4 Å². The van der Waals surface area contributed by atoms with Crippen LogP contribution < -0.4 is 10.1 Å². The Bertz CT molecular complexity index is 350. The lowest BCUT2D eigenvalue weighted by Gasteiger charge is -2.21. The molecule has 1 aromatic rings. The smallest absolute Gasteiger partial charge is 0.122 e. The van der Waals surface area contributed by atoms with Crippen LogP contribution in [0.3, 0.4) is 0 Å². The van der Waals surface area contributed by atoms with Gasteiger partial charge in [0.05, 0.1) is 7.11 Å². The maximum Gasteiger partial charge on any atom is 0.122 e. The van der Waals surface area contributed by atoms with Gasteiger partial charge in [0, 0.05) is 0 Å². The van der Waals surface area contributed by atoms with Gasteiger partial charge in [0.2, 0.25) is 0 Å². The van der Waals surface area contributed by atoms with Gasteiger partial charge in [-0.05, 0) is 49.9 Å². The maximum atomic E-state index is 5.36. The van der Waals surface area contributed by atoms with E-state index in [0.29, 0.717) is 0 Å². The van der Waals surface area contributed by atoms with E-state index >= 15 is 0 Å². The molecule has 0 bridgehead atoms. The lowest BCUT2D eigenvalue weighted by atomic mass is 9.89. The summed E-state index contributed by atoms with van der Waals surface area (Å²) in [4.78, 5) is 0. The fraction of sp³-hybridized carbons (Fsp3) is 0.625. The molecule has 1 N–H and O–H groups in total. The van der Waals surface area contributed by atoms with Gasteiger partial charge in [0.1, 0.15) is 5.75 Å². The monoisotopic (exact) mass is 283 g/mol. The van der Waals surface area contributed by atoms with Gasteiger partial charge >= 0.3 is 0 Å². The van der Waals surface area contributed by atoms with Crippen LogP contribution in [0.15, 0.2) is 24.3 Å². The molecule has 0 amide bonds. The normalized spacial score (nSPS) is 15.8. The van der Waals surface area contributed by atoms with E-state index in [0.717, 1.165) is 24.6 Å².